The van der Waals surface area contributed by atoms with Crippen molar-refractivity contribution in [3.05, 3.63) is 64.8 Å². The summed E-state index contributed by atoms with van der Waals surface area (Å²) in [6.45, 7) is 1.87. The summed E-state index contributed by atoms with van der Waals surface area (Å²) in [7, 11) is 0. The number of hydrogen-bond acceptors (Lipinski definition) is 4. The number of benzene rings is 1. The molecule has 0 fully saturated rings. The molecule has 0 atom stereocenters. The average molecular weight is 363 g/mol. The Labute approximate surface area is 145 Å². The maximum atomic E-state index is 12.8. The summed E-state index contributed by atoms with van der Waals surface area (Å²) in [4.78, 5) is 20.4. The maximum Gasteiger partial charge on any atom is 0.416 e. The van der Waals surface area contributed by atoms with Crippen LogP contribution in [0.1, 0.15) is 21.6 Å². The van der Waals surface area contributed by atoms with Gasteiger partial charge in [-0.1, -0.05) is 12.1 Å². The summed E-state index contributed by atoms with van der Waals surface area (Å²) in [5.74, 6) is -0.0776. The first kappa shape index (κ1) is 17.1. The molecule has 8 heteroatoms. The van der Waals surface area contributed by atoms with E-state index in [1.807, 2.05) is 6.92 Å². The molecule has 0 radical (unpaired) electrons. The van der Waals surface area contributed by atoms with Crippen molar-refractivity contribution in [1.82, 2.24) is 9.97 Å². The Morgan fingerprint density at radius 3 is 2.72 bits per heavy atom. The zero-order valence-electron chi connectivity index (χ0n) is 13.0. The van der Waals surface area contributed by atoms with Crippen molar-refractivity contribution in [2.24, 2.45) is 0 Å². The normalized spacial score (nSPS) is 11.4. The number of amides is 1. The molecule has 0 bridgehead atoms. The Bertz CT molecular complexity index is 921. The predicted octanol–water partition coefficient (Wildman–Crippen LogP) is 4.78. The standard InChI is InChI=1S/C17H12F3N3OS/c1-10-5-6-21-14(7-10)23-15(24)13-9-25-16(22-13)11-3-2-4-12(8-11)17(18,19)20/h2-9H,1H3,(H,21,23,24). The SMILES string of the molecule is Cc1ccnc(NC(=O)c2csc(-c3cccc(C(F)(F)F)c3)n2)c1. The highest BCUT2D eigenvalue weighted by Crippen LogP contribution is 2.33. The molecule has 1 N–H and O–H groups in total. The number of halogens is 3. The van der Waals surface area contributed by atoms with Gasteiger partial charge in [0, 0.05) is 17.1 Å². The highest BCUT2D eigenvalue weighted by molar-refractivity contribution is 7.13. The van der Waals surface area contributed by atoms with E-state index in [2.05, 4.69) is 15.3 Å². The van der Waals surface area contributed by atoms with Crippen LogP contribution in [0.4, 0.5) is 19.0 Å². The number of rotatable bonds is 3. The molecule has 2 heterocycles. The fourth-order valence-electron chi connectivity index (χ4n) is 2.12. The molecular weight excluding hydrogens is 351 g/mol. The number of carbonyl (C=O) groups excluding carboxylic acids is 1. The number of aryl methyl sites for hydroxylation is 1. The summed E-state index contributed by atoms with van der Waals surface area (Å²) < 4.78 is 38.4. The van der Waals surface area contributed by atoms with E-state index in [0.717, 1.165) is 29.0 Å². The van der Waals surface area contributed by atoms with E-state index in [0.29, 0.717) is 16.4 Å². The molecule has 0 aliphatic heterocycles. The zero-order chi connectivity index (χ0) is 18.0. The molecular formula is C17H12F3N3OS. The second kappa shape index (κ2) is 6.64. The Morgan fingerprint density at radius 1 is 1.20 bits per heavy atom. The molecule has 128 valence electrons. The highest BCUT2D eigenvalue weighted by atomic mass is 32.1. The lowest BCUT2D eigenvalue weighted by atomic mass is 10.1. The van der Waals surface area contributed by atoms with Crippen molar-refractivity contribution in [3.63, 3.8) is 0 Å². The lowest BCUT2D eigenvalue weighted by Gasteiger charge is -2.07. The lowest BCUT2D eigenvalue weighted by molar-refractivity contribution is -0.137. The summed E-state index contributed by atoms with van der Waals surface area (Å²) in [6.07, 6.45) is -2.86. The third kappa shape index (κ3) is 4.03. The number of thiazole rings is 1. The minimum absolute atomic E-state index is 0.126. The minimum atomic E-state index is -4.43. The van der Waals surface area contributed by atoms with Crippen LogP contribution in [0.25, 0.3) is 10.6 Å². The van der Waals surface area contributed by atoms with Crippen molar-refractivity contribution < 1.29 is 18.0 Å². The summed E-state index contributed by atoms with van der Waals surface area (Å²) in [5.41, 5.74) is 0.622. The first-order valence-corrected chi connectivity index (χ1v) is 8.08. The van der Waals surface area contributed by atoms with Gasteiger partial charge < -0.3 is 5.32 Å². The average Bonchev–Trinajstić information content (AvgIpc) is 3.04. The number of hydrogen-bond donors (Lipinski definition) is 1. The zero-order valence-corrected chi connectivity index (χ0v) is 13.8. The topological polar surface area (TPSA) is 54.9 Å². The van der Waals surface area contributed by atoms with E-state index in [9.17, 15) is 18.0 Å². The van der Waals surface area contributed by atoms with Gasteiger partial charge in [0.25, 0.3) is 5.91 Å². The Hall–Kier alpha value is -2.74. The number of alkyl halides is 3. The summed E-state index contributed by atoms with van der Waals surface area (Å²) in [5, 5.41) is 4.46. The largest absolute Gasteiger partial charge is 0.416 e. The smallest absolute Gasteiger partial charge is 0.305 e. The number of aromatic nitrogens is 2. The van der Waals surface area contributed by atoms with Crippen LogP contribution >= 0.6 is 11.3 Å². The highest BCUT2D eigenvalue weighted by Gasteiger charge is 2.30. The Balaban J connectivity index is 1.82. The predicted molar refractivity (Wildman–Crippen MR) is 89.5 cm³/mol. The van der Waals surface area contributed by atoms with Crippen molar-refractivity contribution in [3.8, 4) is 10.6 Å². The molecule has 1 aromatic carbocycles. The first-order chi connectivity index (χ1) is 11.8. The molecule has 0 aliphatic carbocycles. The maximum absolute atomic E-state index is 12.8. The van der Waals surface area contributed by atoms with Crippen LogP contribution in [0, 0.1) is 6.92 Å². The molecule has 3 aromatic rings. The van der Waals surface area contributed by atoms with Crippen molar-refractivity contribution in [1.29, 1.82) is 0 Å². The van der Waals surface area contributed by atoms with Gasteiger partial charge in [0.1, 0.15) is 16.5 Å². The van der Waals surface area contributed by atoms with E-state index in [1.165, 1.54) is 17.5 Å². The number of anilines is 1. The van der Waals surface area contributed by atoms with Crippen LogP contribution in [0.5, 0.6) is 0 Å². The lowest BCUT2D eigenvalue weighted by Crippen LogP contribution is -2.13. The van der Waals surface area contributed by atoms with Crippen molar-refractivity contribution in [2.45, 2.75) is 13.1 Å². The second-order valence-electron chi connectivity index (χ2n) is 5.29. The van der Waals surface area contributed by atoms with Crippen molar-refractivity contribution >= 4 is 23.1 Å². The molecule has 4 nitrogen and oxygen atoms in total. The van der Waals surface area contributed by atoms with Crippen LogP contribution in [-0.2, 0) is 6.18 Å². The van der Waals surface area contributed by atoms with Gasteiger partial charge in [0.2, 0.25) is 0 Å². The van der Waals surface area contributed by atoms with Crippen LogP contribution in [0.15, 0.2) is 48.0 Å². The van der Waals surface area contributed by atoms with Gasteiger partial charge >= 0.3 is 6.18 Å². The summed E-state index contributed by atoms with van der Waals surface area (Å²) in [6, 6.07) is 8.35. The third-order valence-corrected chi connectivity index (χ3v) is 4.22. The monoisotopic (exact) mass is 363 g/mol. The van der Waals surface area contributed by atoms with Gasteiger partial charge in [0.15, 0.2) is 0 Å². The molecule has 0 saturated carbocycles. The van der Waals surface area contributed by atoms with Gasteiger partial charge in [-0.05, 0) is 36.8 Å². The molecule has 0 saturated heterocycles. The summed E-state index contributed by atoms with van der Waals surface area (Å²) >= 11 is 1.10. The fraction of sp³-hybridized carbons (Fsp3) is 0.118. The van der Waals surface area contributed by atoms with Gasteiger partial charge in [-0.15, -0.1) is 11.3 Å². The first-order valence-electron chi connectivity index (χ1n) is 7.20. The van der Waals surface area contributed by atoms with E-state index >= 15 is 0 Å². The molecule has 25 heavy (non-hydrogen) atoms. The van der Waals surface area contributed by atoms with Crippen molar-refractivity contribution in [2.75, 3.05) is 5.32 Å². The van der Waals surface area contributed by atoms with Gasteiger partial charge in [-0.3, -0.25) is 4.79 Å². The van der Waals surface area contributed by atoms with Crippen LogP contribution < -0.4 is 5.32 Å². The molecule has 2 aromatic heterocycles. The van der Waals surface area contributed by atoms with E-state index in [4.69, 9.17) is 0 Å². The molecule has 0 unspecified atom stereocenters. The number of carbonyl (C=O) groups is 1. The minimum Gasteiger partial charge on any atom is -0.305 e. The Kier molecular flexibility index (Phi) is 4.54. The van der Waals surface area contributed by atoms with Gasteiger partial charge in [-0.25, -0.2) is 9.97 Å². The number of nitrogens with zero attached hydrogens (tertiary/aromatic N) is 2. The number of nitrogens with one attached hydrogen (secondary N) is 1. The van der Waals surface area contributed by atoms with Crippen LogP contribution in [0.2, 0.25) is 0 Å². The van der Waals surface area contributed by atoms with E-state index in [1.54, 1.807) is 18.3 Å². The fourth-order valence-corrected chi connectivity index (χ4v) is 2.92. The van der Waals surface area contributed by atoms with Crippen LogP contribution in [-0.4, -0.2) is 15.9 Å². The second-order valence-corrected chi connectivity index (χ2v) is 6.15. The third-order valence-electron chi connectivity index (χ3n) is 3.33. The molecule has 1 amide bonds. The number of pyridine rings is 1. The van der Waals surface area contributed by atoms with Gasteiger partial charge in [0.05, 0.1) is 5.56 Å². The van der Waals surface area contributed by atoms with E-state index < -0.39 is 17.6 Å². The van der Waals surface area contributed by atoms with Crippen LogP contribution in [0.3, 0.4) is 0 Å². The van der Waals surface area contributed by atoms with E-state index in [-0.39, 0.29) is 5.69 Å². The molecule has 3 rings (SSSR count). The Morgan fingerprint density at radius 2 is 2.00 bits per heavy atom. The molecule has 0 spiro atoms. The van der Waals surface area contributed by atoms with Gasteiger partial charge in [-0.2, -0.15) is 13.2 Å². The quantitative estimate of drug-likeness (QED) is 0.728. The molecule has 0 aliphatic rings.